The van der Waals surface area contributed by atoms with Gasteiger partial charge in [-0.3, -0.25) is 5.21 Å². The van der Waals surface area contributed by atoms with E-state index in [9.17, 15) is 10.4 Å². The highest BCUT2D eigenvalue weighted by atomic mass is 79.9. The summed E-state index contributed by atoms with van der Waals surface area (Å²) >= 11 is 3.38. The maximum atomic E-state index is 12.8. The van der Waals surface area contributed by atoms with Gasteiger partial charge in [0, 0.05) is 11.4 Å². The van der Waals surface area contributed by atoms with Gasteiger partial charge in [0.25, 0.3) is 5.71 Å². The molecule has 0 unspecified atom stereocenters. The highest BCUT2D eigenvalue weighted by Crippen LogP contribution is 2.31. The Balaban J connectivity index is 2.21. The average Bonchev–Trinajstić information content (AvgIpc) is 2.71. The molecule has 1 aliphatic heterocycles. The first-order valence-electron chi connectivity index (χ1n) is 6.95. The average molecular weight is 360 g/mol. The van der Waals surface area contributed by atoms with E-state index in [1.54, 1.807) is 13.8 Å². The van der Waals surface area contributed by atoms with E-state index in [0.717, 1.165) is 25.1 Å². The summed E-state index contributed by atoms with van der Waals surface area (Å²) in [5, 5.41) is 23.5. The second-order valence-corrected chi connectivity index (χ2v) is 6.35. The monoisotopic (exact) mass is 359 g/mol. The highest BCUT2D eigenvalue weighted by Gasteiger charge is 2.58. The molecule has 0 fully saturated rings. The molecule has 0 radical (unpaired) electrons. The molecule has 0 saturated heterocycles. The van der Waals surface area contributed by atoms with Crippen LogP contribution in [0.3, 0.4) is 0 Å². The standard InChI is InChI=1S/C17H16BrN2O2/c1-12-16(13-6-4-3-5-7-13)20(22)17(2,19(12)21)14-8-10-15(18)11-9-14/h3-11,22H,1-2H3/q+1/t17-/m0/s1. The molecule has 5 heteroatoms. The van der Waals surface area contributed by atoms with E-state index < -0.39 is 5.66 Å². The van der Waals surface area contributed by atoms with Crippen LogP contribution in [0.2, 0.25) is 0 Å². The number of benzene rings is 2. The van der Waals surface area contributed by atoms with Crippen molar-refractivity contribution < 1.29 is 14.7 Å². The predicted octanol–water partition coefficient (Wildman–Crippen LogP) is 3.50. The van der Waals surface area contributed by atoms with E-state index >= 15 is 0 Å². The van der Waals surface area contributed by atoms with Crippen molar-refractivity contribution in [3.8, 4) is 0 Å². The van der Waals surface area contributed by atoms with E-state index in [-0.39, 0.29) is 0 Å². The summed E-state index contributed by atoms with van der Waals surface area (Å²) in [6.07, 6.45) is 0. The molecule has 0 amide bonds. The zero-order valence-electron chi connectivity index (χ0n) is 12.3. The Morgan fingerprint density at radius 1 is 1.05 bits per heavy atom. The molecular weight excluding hydrogens is 344 g/mol. The summed E-state index contributed by atoms with van der Waals surface area (Å²) in [6.45, 7) is 3.44. The van der Waals surface area contributed by atoms with Gasteiger partial charge in [-0.15, -0.1) is 4.74 Å². The maximum Gasteiger partial charge on any atom is 0.431 e. The van der Waals surface area contributed by atoms with Crippen molar-refractivity contribution in [2.24, 2.45) is 0 Å². The molecule has 22 heavy (non-hydrogen) atoms. The molecule has 112 valence electrons. The van der Waals surface area contributed by atoms with Crippen LogP contribution in [0.4, 0.5) is 0 Å². The fraction of sp³-hybridized carbons (Fsp3) is 0.176. The molecule has 3 rings (SSSR count). The zero-order valence-corrected chi connectivity index (χ0v) is 13.9. The molecule has 0 bridgehead atoms. The first kappa shape index (κ1) is 14.8. The Morgan fingerprint density at radius 3 is 2.23 bits per heavy atom. The molecule has 0 saturated carbocycles. The van der Waals surface area contributed by atoms with Crippen LogP contribution in [0.1, 0.15) is 25.0 Å². The zero-order chi connectivity index (χ0) is 15.9. The summed E-state index contributed by atoms with van der Waals surface area (Å²) in [7, 11) is 0. The van der Waals surface area contributed by atoms with E-state index in [4.69, 9.17) is 0 Å². The van der Waals surface area contributed by atoms with Gasteiger partial charge in [-0.2, -0.15) is 0 Å². The first-order chi connectivity index (χ1) is 10.5. The summed E-state index contributed by atoms with van der Waals surface area (Å²) in [5.41, 5.74) is 1.36. The molecule has 1 N–H and O–H groups in total. The maximum absolute atomic E-state index is 12.8. The third kappa shape index (κ3) is 2.04. The Kier molecular flexibility index (Phi) is 3.53. The van der Waals surface area contributed by atoms with E-state index in [0.29, 0.717) is 11.4 Å². The number of rotatable bonds is 2. The quantitative estimate of drug-likeness (QED) is 0.506. The van der Waals surface area contributed by atoms with Crippen LogP contribution in [0.25, 0.3) is 0 Å². The van der Waals surface area contributed by atoms with Gasteiger partial charge >= 0.3 is 11.4 Å². The van der Waals surface area contributed by atoms with Crippen LogP contribution < -0.4 is 0 Å². The van der Waals surface area contributed by atoms with E-state index in [2.05, 4.69) is 15.9 Å². The lowest BCUT2D eigenvalue weighted by molar-refractivity contribution is -0.929. The van der Waals surface area contributed by atoms with Gasteiger partial charge in [-0.05, 0) is 36.4 Å². The van der Waals surface area contributed by atoms with Gasteiger partial charge in [0.2, 0.25) is 0 Å². The van der Waals surface area contributed by atoms with Crippen molar-refractivity contribution in [1.82, 2.24) is 0 Å². The van der Waals surface area contributed by atoms with E-state index in [1.165, 1.54) is 0 Å². The molecule has 1 aliphatic rings. The number of hydrogen-bond acceptors (Lipinski definition) is 2. The van der Waals surface area contributed by atoms with Crippen LogP contribution in [-0.4, -0.2) is 26.1 Å². The van der Waals surface area contributed by atoms with Crippen molar-refractivity contribution in [2.75, 3.05) is 0 Å². The largest absolute Gasteiger partial charge is 0.618 e. The van der Waals surface area contributed by atoms with Crippen molar-refractivity contribution in [3.05, 3.63) is 75.4 Å². The minimum absolute atomic E-state index is 0.485. The normalized spacial score (nSPS) is 21.6. The van der Waals surface area contributed by atoms with Gasteiger partial charge in [0.05, 0.1) is 22.8 Å². The molecule has 0 spiro atoms. The Morgan fingerprint density at radius 2 is 1.64 bits per heavy atom. The third-order valence-electron chi connectivity index (χ3n) is 4.11. The van der Waals surface area contributed by atoms with E-state index in [1.807, 2.05) is 54.6 Å². The molecule has 1 atom stereocenters. The van der Waals surface area contributed by atoms with Crippen LogP contribution in [-0.2, 0) is 5.66 Å². The van der Waals surface area contributed by atoms with Crippen molar-refractivity contribution in [1.29, 1.82) is 0 Å². The number of nitrogens with zero attached hydrogens (tertiary/aromatic N) is 2. The van der Waals surface area contributed by atoms with Gasteiger partial charge in [-0.1, -0.05) is 34.1 Å². The van der Waals surface area contributed by atoms with Gasteiger partial charge in [0.1, 0.15) is 0 Å². The highest BCUT2D eigenvalue weighted by molar-refractivity contribution is 9.10. The van der Waals surface area contributed by atoms with Crippen molar-refractivity contribution in [3.63, 3.8) is 0 Å². The number of hydrogen-bond donors (Lipinski definition) is 1. The lowest BCUT2D eigenvalue weighted by Gasteiger charge is -2.17. The SMILES string of the molecule is CC1=[N+]([O-])[C@](C)(c2ccc(Br)cc2)[N+](O)=C1c1ccccc1. The second kappa shape index (κ2) is 5.25. The van der Waals surface area contributed by atoms with Crippen LogP contribution >= 0.6 is 15.9 Å². The topological polar surface area (TPSA) is 49.3 Å². The fourth-order valence-electron chi connectivity index (χ4n) is 2.81. The predicted molar refractivity (Wildman–Crippen MR) is 88.4 cm³/mol. The molecule has 2 aromatic carbocycles. The molecule has 2 aromatic rings. The Labute approximate surface area is 137 Å². The summed E-state index contributed by atoms with van der Waals surface area (Å²) in [4.78, 5) is 0. The van der Waals surface area contributed by atoms with Crippen LogP contribution in [0.15, 0.2) is 59.1 Å². The minimum atomic E-state index is -1.18. The molecular formula is C17H16BrN2O2+. The fourth-order valence-corrected chi connectivity index (χ4v) is 3.08. The number of halogens is 1. The minimum Gasteiger partial charge on any atom is -0.618 e. The summed E-state index contributed by atoms with van der Waals surface area (Å²) in [5.74, 6) is 0. The van der Waals surface area contributed by atoms with Crippen LogP contribution in [0.5, 0.6) is 0 Å². The summed E-state index contributed by atoms with van der Waals surface area (Å²) in [6, 6.07) is 16.8. The molecule has 4 nitrogen and oxygen atoms in total. The van der Waals surface area contributed by atoms with Crippen LogP contribution in [0, 0.1) is 5.21 Å². The Hall–Kier alpha value is -2.14. The van der Waals surface area contributed by atoms with Gasteiger partial charge in [-0.25, -0.2) is 0 Å². The molecule has 0 aliphatic carbocycles. The van der Waals surface area contributed by atoms with Crippen molar-refractivity contribution >= 4 is 27.4 Å². The third-order valence-corrected chi connectivity index (χ3v) is 4.63. The molecule has 1 heterocycles. The lowest BCUT2D eigenvalue weighted by Crippen LogP contribution is -2.40. The van der Waals surface area contributed by atoms with Gasteiger partial charge < -0.3 is 5.21 Å². The lowest BCUT2D eigenvalue weighted by atomic mass is 10.0. The van der Waals surface area contributed by atoms with Gasteiger partial charge in [0.15, 0.2) is 0 Å². The summed E-state index contributed by atoms with van der Waals surface area (Å²) < 4.78 is 2.85. The second-order valence-electron chi connectivity index (χ2n) is 5.43. The number of hydroxylamine groups is 2. The van der Waals surface area contributed by atoms with Crippen molar-refractivity contribution in [2.45, 2.75) is 19.5 Å². The first-order valence-corrected chi connectivity index (χ1v) is 7.74. The Bertz CT molecular complexity index is 782. The molecule has 0 aromatic heterocycles. The smallest absolute Gasteiger partial charge is 0.431 e.